The third-order valence-corrected chi connectivity index (χ3v) is 3.79. The summed E-state index contributed by atoms with van der Waals surface area (Å²) in [5.41, 5.74) is 6.69. The molecule has 13 heavy (non-hydrogen) atoms. The van der Waals surface area contributed by atoms with E-state index >= 15 is 0 Å². The van der Waals surface area contributed by atoms with Gasteiger partial charge in [-0.05, 0) is 36.8 Å². The molecule has 0 aliphatic rings. The normalized spacial score (nSPS) is 11.7. The van der Waals surface area contributed by atoms with Gasteiger partial charge in [0.25, 0.3) is 0 Å². The molecular weight excluding hydrogens is 178 g/mol. The second-order valence-electron chi connectivity index (χ2n) is 3.80. The van der Waals surface area contributed by atoms with Crippen molar-refractivity contribution in [2.45, 2.75) is 19.5 Å². The highest BCUT2D eigenvalue weighted by molar-refractivity contribution is 6.83. The zero-order chi connectivity index (χ0) is 9.90. The maximum absolute atomic E-state index is 9.89. The molecular formula is C10H17NOSi. The topological polar surface area (TPSA) is 46.2 Å². The number of nitrogens with two attached hydrogens (primary N) is 1. The smallest absolute Gasteiger partial charge is 0.213 e. The standard InChI is InChI=1S/C10H17NOSi/c1-13(2,12)10-5-3-4-9(8-10)6-7-11/h3-5,8,12H,6-7,11H2,1-2H3. The van der Waals surface area contributed by atoms with E-state index in [1.807, 2.05) is 25.2 Å². The van der Waals surface area contributed by atoms with E-state index < -0.39 is 8.32 Å². The Morgan fingerprint density at radius 3 is 2.62 bits per heavy atom. The van der Waals surface area contributed by atoms with Gasteiger partial charge >= 0.3 is 0 Å². The van der Waals surface area contributed by atoms with Gasteiger partial charge in [-0.25, -0.2) is 0 Å². The summed E-state index contributed by atoms with van der Waals surface area (Å²) in [6.07, 6.45) is 0.887. The van der Waals surface area contributed by atoms with Crippen LogP contribution in [0.1, 0.15) is 5.56 Å². The van der Waals surface area contributed by atoms with Gasteiger partial charge in [-0.15, -0.1) is 0 Å². The van der Waals surface area contributed by atoms with E-state index in [0.717, 1.165) is 11.6 Å². The van der Waals surface area contributed by atoms with Crippen LogP contribution in [0.5, 0.6) is 0 Å². The predicted molar refractivity (Wildman–Crippen MR) is 58.5 cm³/mol. The molecule has 0 saturated carbocycles. The van der Waals surface area contributed by atoms with Crippen molar-refractivity contribution in [3.63, 3.8) is 0 Å². The molecule has 0 fully saturated rings. The molecule has 0 amide bonds. The Balaban J connectivity index is 2.92. The van der Waals surface area contributed by atoms with Gasteiger partial charge < -0.3 is 10.5 Å². The maximum Gasteiger partial charge on any atom is 0.213 e. The number of rotatable bonds is 3. The molecule has 1 aromatic carbocycles. The fourth-order valence-electron chi connectivity index (χ4n) is 1.27. The summed E-state index contributed by atoms with van der Waals surface area (Å²) in [4.78, 5) is 9.89. The molecule has 0 heterocycles. The molecule has 2 nitrogen and oxygen atoms in total. The van der Waals surface area contributed by atoms with Crippen LogP contribution < -0.4 is 10.9 Å². The summed E-state index contributed by atoms with van der Waals surface area (Å²) >= 11 is 0. The molecule has 0 unspecified atom stereocenters. The van der Waals surface area contributed by atoms with Crippen LogP contribution in [0.2, 0.25) is 13.1 Å². The highest BCUT2D eigenvalue weighted by atomic mass is 28.4. The van der Waals surface area contributed by atoms with Gasteiger partial charge in [-0.3, -0.25) is 0 Å². The Kier molecular flexibility index (Phi) is 3.25. The lowest BCUT2D eigenvalue weighted by Crippen LogP contribution is -2.41. The lowest BCUT2D eigenvalue weighted by Gasteiger charge is -2.15. The molecule has 0 radical (unpaired) electrons. The molecule has 0 spiro atoms. The molecule has 1 rings (SSSR count). The van der Waals surface area contributed by atoms with Gasteiger partial charge in [0.05, 0.1) is 0 Å². The van der Waals surface area contributed by atoms with Crippen molar-refractivity contribution < 1.29 is 4.80 Å². The van der Waals surface area contributed by atoms with Gasteiger partial charge in [0, 0.05) is 0 Å². The molecule has 0 bridgehead atoms. The molecule has 1 aromatic rings. The maximum atomic E-state index is 9.89. The van der Waals surface area contributed by atoms with Crippen molar-refractivity contribution in [2.75, 3.05) is 6.54 Å². The van der Waals surface area contributed by atoms with E-state index in [0.29, 0.717) is 6.54 Å². The second kappa shape index (κ2) is 4.04. The first kappa shape index (κ1) is 10.4. The average molecular weight is 195 g/mol. The minimum atomic E-state index is -2.13. The van der Waals surface area contributed by atoms with E-state index in [1.54, 1.807) is 0 Å². The first-order valence-electron chi connectivity index (χ1n) is 4.56. The quantitative estimate of drug-likeness (QED) is 0.694. The molecule has 3 heteroatoms. The van der Waals surface area contributed by atoms with Crippen molar-refractivity contribution in [1.29, 1.82) is 0 Å². The number of hydrogen-bond acceptors (Lipinski definition) is 2. The zero-order valence-electron chi connectivity index (χ0n) is 8.25. The molecule has 0 aromatic heterocycles. The first-order valence-corrected chi connectivity index (χ1v) is 7.50. The fraction of sp³-hybridized carbons (Fsp3) is 0.400. The van der Waals surface area contributed by atoms with Crippen LogP contribution in [0.4, 0.5) is 0 Å². The lowest BCUT2D eigenvalue weighted by atomic mass is 10.2. The fourth-order valence-corrected chi connectivity index (χ4v) is 2.32. The first-order chi connectivity index (χ1) is 6.04. The van der Waals surface area contributed by atoms with Crippen LogP contribution in [-0.4, -0.2) is 19.7 Å². The third kappa shape index (κ3) is 2.95. The minimum absolute atomic E-state index is 0.664. The summed E-state index contributed by atoms with van der Waals surface area (Å²) < 4.78 is 0. The van der Waals surface area contributed by atoms with Gasteiger partial charge in [0.2, 0.25) is 8.32 Å². The Morgan fingerprint density at radius 2 is 2.08 bits per heavy atom. The van der Waals surface area contributed by atoms with Gasteiger partial charge in [-0.2, -0.15) is 0 Å². The van der Waals surface area contributed by atoms with Crippen molar-refractivity contribution in [3.8, 4) is 0 Å². The van der Waals surface area contributed by atoms with E-state index in [-0.39, 0.29) is 0 Å². The monoisotopic (exact) mass is 195 g/mol. The summed E-state index contributed by atoms with van der Waals surface area (Å²) in [5.74, 6) is 0. The van der Waals surface area contributed by atoms with Gasteiger partial charge in [0.15, 0.2) is 0 Å². The minimum Gasteiger partial charge on any atom is -0.428 e. The summed E-state index contributed by atoms with van der Waals surface area (Å²) in [5, 5.41) is 1.08. The Labute approximate surface area is 80.5 Å². The Morgan fingerprint density at radius 1 is 1.38 bits per heavy atom. The van der Waals surface area contributed by atoms with Crippen molar-refractivity contribution in [1.82, 2.24) is 0 Å². The molecule has 3 N–H and O–H groups in total. The largest absolute Gasteiger partial charge is 0.428 e. The van der Waals surface area contributed by atoms with Crippen LogP contribution >= 0.6 is 0 Å². The summed E-state index contributed by atoms with van der Waals surface area (Å²) in [6.45, 7) is 4.51. The van der Waals surface area contributed by atoms with Crippen molar-refractivity contribution in [2.24, 2.45) is 5.73 Å². The second-order valence-corrected chi connectivity index (χ2v) is 7.49. The van der Waals surface area contributed by atoms with Crippen molar-refractivity contribution in [3.05, 3.63) is 29.8 Å². The number of benzene rings is 1. The molecule has 72 valence electrons. The van der Waals surface area contributed by atoms with E-state index in [1.165, 1.54) is 5.56 Å². The molecule has 0 saturated heterocycles. The van der Waals surface area contributed by atoms with Crippen molar-refractivity contribution >= 4 is 13.5 Å². The van der Waals surface area contributed by atoms with Crippen LogP contribution in [0.15, 0.2) is 24.3 Å². The predicted octanol–water partition coefficient (Wildman–Crippen LogP) is 0.592. The Bertz CT molecular complexity index is 280. The van der Waals surface area contributed by atoms with E-state index in [4.69, 9.17) is 5.73 Å². The van der Waals surface area contributed by atoms with Crippen LogP contribution in [0.25, 0.3) is 0 Å². The van der Waals surface area contributed by atoms with E-state index in [2.05, 4.69) is 12.1 Å². The summed E-state index contributed by atoms with van der Waals surface area (Å²) in [6, 6.07) is 8.10. The van der Waals surface area contributed by atoms with Crippen LogP contribution in [0.3, 0.4) is 0 Å². The van der Waals surface area contributed by atoms with Gasteiger partial charge in [-0.1, -0.05) is 24.3 Å². The third-order valence-electron chi connectivity index (χ3n) is 2.07. The average Bonchev–Trinajstić information content (AvgIpc) is 2.04. The lowest BCUT2D eigenvalue weighted by molar-refractivity contribution is 0.568. The SMILES string of the molecule is C[Si](C)(O)c1cccc(CCN)c1. The van der Waals surface area contributed by atoms with Crippen LogP contribution in [0, 0.1) is 0 Å². The van der Waals surface area contributed by atoms with Crippen LogP contribution in [-0.2, 0) is 6.42 Å². The van der Waals surface area contributed by atoms with E-state index in [9.17, 15) is 4.80 Å². The molecule has 0 atom stereocenters. The highest BCUT2D eigenvalue weighted by Crippen LogP contribution is 2.02. The summed E-state index contributed by atoms with van der Waals surface area (Å²) in [7, 11) is -2.13. The van der Waals surface area contributed by atoms with Gasteiger partial charge in [0.1, 0.15) is 0 Å². The zero-order valence-corrected chi connectivity index (χ0v) is 9.25. The highest BCUT2D eigenvalue weighted by Gasteiger charge is 2.19. The molecule has 0 aliphatic heterocycles. The number of hydrogen-bond donors (Lipinski definition) is 2. The Hall–Kier alpha value is -0.643. The molecule has 0 aliphatic carbocycles.